The average molecular weight is 351 g/mol. The topological polar surface area (TPSA) is 65.3 Å². The Morgan fingerprint density at radius 1 is 1.30 bits per heavy atom. The molecule has 122 valence electrons. The van der Waals surface area contributed by atoms with E-state index in [1.807, 2.05) is 0 Å². The van der Waals surface area contributed by atoms with E-state index in [0.29, 0.717) is 18.2 Å². The zero-order chi connectivity index (χ0) is 17.4. The highest BCUT2D eigenvalue weighted by atomic mass is 35.5. The van der Waals surface area contributed by atoms with Gasteiger partial charge < -0.3 is 4.74 Å². The maximum atomic E-state index is 14.0. The van der Waals surface area contributed by atoms with Crippen LogP contribution in [0.4, 0.5) is 23.2 Å². The Bertz CT molecular complexity index is 781. The third-order valence-corrected chi connectivity index (χ3v) is 3.17. The Morgan fingerprint density at radius 3 is 2.48 bits per heavy atom. The van der Waals surface area contributed by atoms with Crippen molar-refractivity contribution in [2.75, 3.05) is 7.11 Å². The van der Waals surface area contributed by atoms with E-state index in [1.165, 1.54) is 0 Å². The minimum atomic E-state index is -4.61. The van der Waals surface area contributed by atoms with Gasteiger partial charge in [-0.05, 0) is 18.2 Å². The van der Waals surface area contributed by atoms with Crippen LogP contribution >= 0.6 is 11.6 Å². The van der Waals surface area contributed by atoms with Crippen LogP contribution in [0.1, 0.15) is 5.56 Å². The molecule has 0 aliphatic heterocycles. The molecule has 0 saturated heterocycles. The number of hydrogen-bond acceptors (Lipinski definition) is 4. The predicted octanol–water partition coefficient (Wildman–Crippen LogP) is 4.48. The van der Waals surface area contributed by atoms with E-state index in [-0.39, 0.29) is 11.3 Å². The van der Waals surface area contributed by atoms with E-state index >= 15 is 0 Å². The number of methoxy groups -OCH3 is 1. The molecule has 0 bridgehead atoms. The van der Waals surface area contributed by atoms with Gasteiger partial charge in [-0.2, -0.15) is 13.2 Å². The van der Waals surface area contributed by atoms with Crippen molar-refractivity contribution in [1.82, 2.24) is 4.98 Å². The summed E-state index contributed by atoms with van der Waals surface area (Å²) in [4.78, 5) is 13.3. The lowest BCUT2D eigenvalue weighted by atomic mass is 10.1. The maximum Gasteiger partial charge on any atom is 0.416 e. The zero-order valence-corrected chi connectivity index (χ0v) is 12.1. The van der Waals surface area contributed by atoms with Crippen LogP contribution in [0, 0.1) is 15.9 Å². The summed E-state index contributed by atoms with van der Waals surface area (Å²) in [6.45, 7) is 0. The first kappa shape index (κ1) is 16.9. The van der Waals surface area contributed by atoms with Crippen molar-refractivity contribution in [3.8, 4) is 17.0 Å². The van der Waals surface area contributed by atoms with E-state index in [9.17, 15) is 27.7 Å². The Hall–Kier alpha value is -2.42. The summed E-state index contributed by atoms with van der Waals surface area (Å²) in [5.74, 6) is -1.41. The molecule has 0 N–H and O–H groups in total. The number of benzene rings is 1. The maximum absolute atomic E-state index is 14.0. The van der Waals surface area contributed by atoms with Gasteiger partial charge >= 0.3 is 11.9 Å². The third-order valence-electron chi connectivity index (χ3n) is 2.89. The Morgan fingerprint density at radius 2 is 1.96 bits per heavy atom. The first-order chi connectivity index (χ1) is 10.6. The summed E-state index contributed by atoms with van der Waals surface area (Å²) in [7, 11) is 1.10. The van der Waals surface area contributed by atoms with Crippen molar-refractivity contribution in [3.63, 3.8) is 0 Å². The SMILES string of the molecule is COc1cc(C(F)(F)F)ccc1-c1nc(Cl)c([N+](=O)[O-])cc1F. The van der Waals surface area contributed by atoms with Crippen molar-refractivity contribution in [1.29, 1.82) is 0 Å². The van der Waals surface area contributed by atoms with Gasteiger partial charge in [0.2, 0.25) is 5.15 Å². The average Bonchev–Trinajstić information content (AvgIpc) is 2.47. The van der Waals surface area contributed by atoms with Crippen LogP contribution in [0.25, 0.3) is 11.3 Å². The molecule has 1 aromatic carbocycles. The molecule has 0 atom stereocenters. The number of aromatic nitrogens is 1. The van der Waals surface area contributed by atoms with Crippen LogP contribution in [-0.2, 0) is 6.18 Å². The fourth-order valence-electron chi connectivity index (χ4n) is 1.84. The second-order valence-corrected chi connectivity index (χ2v) is 4.66. The van der Waals surface area contributed by atoms with Crippen LogP contribution in [0.15, 0.2) is 24.3 Å². The number of rotatable bonds is 3. The van der Waals surface area contributed by atoms with Crippen LogP contribution < -0.4 is 4.74 Å². The fraction of sp³-hybridized carbons (Fsp3) is 0.154. The summed E-state index contributed by atoms with van der Waals surface area (Å²) in [6.07, 6.45) is -4.61. The van der Waals surface area contributed by atoms with Gasteiger partial charge in [-0.25, -0.2) is 9.37 Å². The second-order valence-electron chi connectivity index (χ2n) is 4.30. The van der Waals surface area contributed by atoms with Crippen molar-refractivity contribution < 1.29 is 27.2 Å². The quantitative estimate of drug-likeness (QED) is 0.354. The lowest BCUT2D eigenvalue weighted by Gasteiger charge is -2.13. The fourth-order valence-corrected chi connectivity index (χ4v) is 2.04. The number of hydrogen-bond donors (Lipinski definition) is 0. The Kier molecular flexibility index (Phi) is 4.42. The normalized spacial score (nSPS) is 11.4. The van der Waals surface area contributed by atoms with Crippen molar-refractivity contribution >= 4 is 17.3 Å². The number of alkyl halides is 3. The molecule has 0 aliphatic carbocycles. The van der Waals surface area contributed by atoms with Gasteiger partial charge in [0.1, 0.15) is 11.4 Å². The van der Waals surface area contributed by atoms with Crippen LogP contribution in [0.2, 0.25) is 5.15 Å². The summed E-state index contributed by atoms with van der Waals surface area (Å²) in [5.41, 5.74) is -2.31. The highest BCUT2D eigenvalue weighted by Crippen LogP contribution is 2.38. The largest absolute Gasteiger partial charge is 0.496 e. The zero-order valence-electron chi connectivity index (χ0n) is 11.3. The molecule has 0 aliphatic rings. The number of nitro groups is 1. The standard InChI is InChI=1S/C13H7ClF4N2O3/c1-23-10-4-6(13(16,17)18)2-3-7(10)11-8(15)5-9(20(21)22)12(14)19-11/h2-5H,1H3. The van der Waals surface area contributed by atoms with Gasteiger partial charge in [0.25, 0.3) is 0 Å². The van der Waals surface area contributed by atoms with Crippen molar-refractivity contribution in [2.45, 2.75) is 6.18 Å². The molecule has 10 heteroatoms. The molecule has 2 rings (SSSR count). The molecule has 0 amide bonds. The molecule has 0 unspecified atom stereocenters. The predicted molar refractivity (Wildman–Crippen MR) is 72.8 cm³/mol. The molecule has 5 nitrogen and oxygen atoms in total. The Labute approximate surface area is 131 Å². The first-order valence-electron chi connectivity index (χ1n) is 5.91. The van der Waals surface area contributed by atoms with Gasteiger partial charge in [0, 0.05) is 5.56 Å². The van der Waals surface area contributed by atoms with Crippen LogP contribution in [-0.4, -0.2) is 17.0 Å². The van der Waals surface area contributed by atoms with Gasteiger partial charge in [-0.1, -0.05) is 11.6 Å². The summed E-state index contributed by atoms with van der Waals surface area (Å²) in [6, 6.07) is 2.89. The van der Waals surface area contributed by atoms with Gasteiger partial charge in [-0.15, -0.1) is 0 Å². The number of pyridine rings is 1. The molecule has 23 heavy (non-hydrogen) atoms. The number of nitrogens with zero attached hydrogens (tertiary/aromatic N) is 2. The lowest BCUT2D eigenvalue weighted by Crippen LogP contribution is -2.06. The summed E-state index contributed by atoms with van der Waals surface area (Å²) in [5, 5.41) is 10.1. The number of halogens is 5. The smallest absolute Gasteiger partial charge is 0.416 e. The molecule has 0 radical (unpaired) electrons. The van der Waals surface area contributed by atoms with E-state index in [4.69, 9.17) is 16.3 Å². The molecule has 2 aromatic rings. The van der Waals surface area contributed by atoms with Crippen LogP contribution in [0.3, 0.4) is 0 Å². The first-order valence-corrected chi connectivity index (χ1v) is 6.29. The summed E-state index contributed by atoms with van der Waals surface area (Å²) < 4.78 is 56.9. The minimum absolute atomic E-state index is 0.116. The molecular formula is C13H7ClF4N2O3. The third kappa shape index (κ3) is 3.34. The highest BCUT2D eigenvalue weighted by molar-refractivity contribution is 6.31. The molecule has 1 heterocycles. The van der Waals surface area contributed by atoms with Crippen molar-refractivity contribution in [2.24, 2.45) is 0 Å². The molecule has 1 aromatic heterocycles. The van der Waals surface area contributed by atoms with Gasteiger partial charge in [-0.3, -0.25) is 10.1 Å². The van der Waals surface area contributed by atoms with E-state index in [0.717, 1.165) is 13.2 Å². The van der Waals surface area contributed by atoms with E-state index in [1.54, 1.807) is 0 Å². The van der Waals surface area contributed by atoms with E-state index in [2.05, 4.69) is 4.98 Å². The van der Waals surface area contributed by atoms with Crippen molar-refractivity contribution in [3.05, 3.63) is 50.9 Å². The van der Waals surface area contributed by atoms with Gasteiger partial charge in [0.05, 0.1) is 23.7 Å². The molecular weight excluding hydrogens is 344 g/mol. The second kappa shape index (κ2) is 5.99. The lowest BCUT2D eigenvalue weighted by molar-refractivity contribution is -0.385. The summed E-state index contributed by atoms with van der Waals surface area (Å²) >= 11 is 5.61. The molecule has 0 fully saturated rings. The van der Waals surface area contributed by atoms with Gasteiger partial charge in [0.15, 0.2) is 5.82 Å². The number of ether oxygens (including phenoxy) is 1. The molecule has 0 spiro atoms. The molecule has 0 saturated carbocycles. The highest BCUT2D eigenvalue weighted by Gasteiger charge is 2.32. The monoisotopic (exact) mass is 350 g/mol. The minimum Gasteiger partial charge on any atom is -0.496 e. The Balaban J connectivity index is 2.63. The van der Waals surface area contributed by atoms with E-state index < -0.39 is 39.0 Å². The van der Waals surface area contributed by atoms with Crippen LogP contribution in [0.5, 0.6) is 5.75 Å².